The van der Waals surface area contributed by atoms with Crippen LogP contribution in [0.4, 0.5) is 0 Å². The third-order valence-electron chi connectivity index (χ3n) is 5.49. The Morgan fingerprint density at radius 2 is 1.86 bits per heavy atom. The first-order chi connectivity index (χ1) is 13.6. The first-order valence-corrected chi connectivity index (χ1v) is 11.7. The highest BCUT2D eigenvalue weighted by atomic mass is 32.2. The van der Waals surface area contributed by atoms with Gasteiger partial charge >= 0.3 is 6.01 Å². The minimum absolute atomic E-state index is 0.0574. The molecule has 1 aliphatic rings. The molecule has 158 valence electrons. The molecule has 8 heteroatoms. The molecule has 1 fully saturated rings. The SMILES string of the molecule is Cc1c(CS(=O)(=O)C(C)C)nc(OC2CCCC2)nc1-c1cc(C)c(=O)n(C)c1. The van der Waals surface area contributed by atoms with Gasteiger partial charge in [0.15, 0.2) is 9.84 Å². The molecule has 0 N–H and O–H groups in total. The summed E-state index contributed by atoms with van der Waals surface area (Å²) >= 11 is 0. The van der Waals surface area contributed by atoms with E-state index in [1.807, 2.05) is 6.92 Å². The highest BCUT2D eigenvalue weighted by molar-refractivity contribution is 7.91. The zero-order chi connectivity index (χ0) is 21.3. The highest BCUT2D eigenvalue weighted by Gasteiger charge is 2.24. The molecular weight excluding hydrogens is 390 g/mol. The molecule has 3 rings (SSSR count). The monoisotopic (exact) mass is 419 g/mol. The van der Waals surface area contributed by atoms with Gasteiger partial charge < -0.3 is 9.30 Å². The largest absolute Gasteiger partial charge is 0.460 e. The number of aromatic nitrogens is 3. The summed E-state index contributed by atoms with van der Waals surface area (Å²) in [5, 5.41) is -0.501. The van der Waals surface area contributed by atoms with Crippen molar-refractivity contribution in [1.29, 1.82) is 0 Å². The van der Waals surface area contributed by atoms with Gasteiger partial charge in [0, 0.05) is 24.4 Å². The molecule has 1 saturated carbocycles. The van der Waals surface area contributed by atoms with E-state index in [0.717, 1.165) is 31.2 Å². The minimum atomic E-state index is -3.34. The fraction of sp³-hybridized carbons (Fsp3) is 0.571. The van der Waals surface area contributed by atoms with E-state index >= 15 is 0 Å². The van der Waals surface area contributed by atoms with Crippen LogP contribution in [0.15, 0.2) is 17.1 Å². The molecule has 1 aliphatic carbocycles. The summed E-state index contributed by atoms with van der Waals surface area (Å²) in [6, 6.07) is 1.98. The molecule has 0 bridgehead atoms. The van der Waals surface area contributed by atoms with E-state index in [1.165, 1.54) is 4.57 Å². The van der Waals surface area contributed by atoms with Gasteiger partial charge in [-0.25, -0.2) is 8.42 Å². The van der Waals surface area contributed by atoms with Crippen LogP contribution < -0.4 is 10.3 Å². The summed E-state index contributed by atoms with van der Waals surface area (Å²) in [5.41, 5.74) is 2.99. The predicted molar refractivity (Wildman–Crippen MR) is 113 cm³/mol. The maximum Gasteiger partial charge on any atom is 0.317 e. The molecule has 2 aromatic heterocycles. The molecule has 0 atom stereocenters. The van der Waals surface area contributed by atoms with Crippen LogP contribution in [0, 0.1) is 13.8 Å². The number of ether oxygens (including phenoxy) is 1. The van der Waals surface area contributed by atoms with Crippen molar-refractivity contribution in [3.63, 3.8) is 0 Å². The Labute approximate surface area is 172 Å². The Bertz CT molecular complexity index is 1040. The van der Waals surface area contributed by atoms with E-state index in [0.29, 0.717) is 22.5 Å². The fourth-order valence-electron chi connectivity index (χ4n) is 3.53. The summed E-state index contributed by atoms with van der Waals surface area (Å²) in [7, 11) is -1.65. The van der Waals surface area contributed by atoms with Gasteiger partial charge in [0.2, 0.25) is 0 Å². The average molecular weight is 420 g/mol. The van der Waals surface area contributed by atoms with Crippen molar-refractivity contribution < 1.29 is 13.2 Å². The number of pyridine rings is 1. The lowest BCUT2D eigenvalue weighted by atomic mass is 10.1. The average Bonchev–Trinajstić information content (AvgIpc) is 3.14. The second-order valence-electron chi connectivity index (χ2n) is 8.13. The summed E-state index contributed by atoms with van der Waals surface area (Å²) in [6.07, 6.45) is 5.89. The number of hydrogen-bond donors (Lipinski definition) is 0. The molecule has 0 unspecified atom stereocenters. The third-order valence-corrected chi connectivity index (χ3v) is 7.60. The molecule has 0 spiro atoms. The maximum atomic E-state index is 12.6. The molecule has 29 heavy (non-hydrogen) atoms. The predicted octanol–water partition coefficient (Wildman–Crippen LogP) is 3.10. The molecule has 0 aromatic carbocycles. The van der Waals surface area contributed by atoms with Gasteiger partial charge in [-0.1, -0.05) is 0 Å². The second kappa shape index (κ2) is 8.26. The van der Waals surface area contributed by atoms with Crippen LogP contribution in [0.5, 0.6) is 6.01 Å². The fourth-order valence-corrected chi connectivity index (χ4v) is 4.53. The van der Waals surface area contributed by atoms with Gasteiger partial charge in [-0.05, 0) is 65.0 Å². The van der Waals surface area contributed by atoms with E-state index in [1.54, 1.807) is 40.1 Å². The van der Waals surface area contributed by atoms with Gasteiger partial charge in [0.25, 0.3) is 5.56 Å². The van der Waals surface area contributed by atoms with Crippen molar-refractivity contribution in [2.75, 3.05) is 0 Å². The van der Waals surface area contributed by atoms with Crippen molar-refractivity contribution >= 4 is 9.84 Å². The van der Waals surface area contributed by atoms with Gasteiger partial charge in [0.05, 0.1) is 22.4 Å². The highest BCUT2D eigenvalue weighted by Crippen LogP contribution is 2.29. The van der Waals surface area contributed by atoms with Crippen molar-refractivity contribution in [3.8, 4) is 17.3 Å². The lowest BCUT2D eigenvalue weighted by Crippen LogP contribution is -2.20. The van der Waals surface area contributed by atoms with Crippen molar-refractivity contribution in [2.45, 2.75) is 70.5 Å². The Hall–Kier alpha value is -2.22. The summed E-state index contributed by atoms with van der Waals surface area (Å²) < 4.78 is 32.6. The molecule has 2 aromatic rings. The number of sulfone groups is 1. The Kier molecular flexibility index (Phi) is 6.12. The smallest absolute Gasteiger partial charge is 0.317 e. The molecule has 0 radical (unpaired) electrons. The van der Waals surface area contributed by atoms with Crippen LogP contribution in [-0.2, 0) is 22.6 Å². The van der Waals surface area contributed by atoms with Crippen LogP contribution in [0.3, 0.4) is 0 Å². The topological polar surface area (TPSA) is 91.2 Å². The first-order valence-electron chi connectivity index (χ1n) is 10.0. The maximum absolute atomic E-state index is 12.6. The van der Waals surface area contributed by atoms with Gasteiger partial charge in [-0.3, -0.25) is 4.79 Å². The van der Waals surface area contributed by atoms with Crippen LogP contribution in [0.25, 0.3) is 11.3 Å². The third kappa shape index (κ3) is 4.69. The van der Waals surface area contributed by atoms with Crippen LogP contribution in [0.2, 0.25) is 0 Å². The second-order valence-corrected chi connectivity index (χ2v) is 10.7. The molecule has 0 saturated heterocycles. The lowest BCUT2D eigenvalue weighted by molar-refractivity contribution is 0.192. The van der Waals surface area contributed by atoms with Crippen LogP contribution >= 0.6 is 0 Å². The quantitative estimate of drug-likeness (QED) is 0.714. The summed E-state index contributed by atoms with van der Waals surface area (Å²) in [4.78, 5) is 21.2. The van der Waals surface area contributed by atoms with Gasteiger partial charge in [-0.2, -0.15) is 9.97 Å². The number of nitrogens with zero attached hydrogens (tertiary/aromatic N) is 3. The lowest BCUT2D eigenvalue weighted by Gasteiger charge is -2.17. The van der Waals surface area contributed by atoms with Crippen molar-refractivity contribution in [3.05, 3.63) is 39.4 Å². The van der Waals surface area contributed by atoms with Crippen molar-refractivity contribution in [1.82, 2.24) is 14.5 Å². The van der Waals surface area contributed by atoms with E-state index < -0.39 is 15.1 Å². The number of rotatable bonds is 6. The van der Waals surface area contributed by atoms with E-state index in [9.17, 15) is 13.2 Å². The summed E-state index contributed by atoms with van der Waals surface area (Å²) in [6.45, 7) is 6.90. The van der Waals surface area contributed by atoms with Crippen molar-refractivity contribution in [2.24, 2.45) is 7.05 Å². The minimum Gasteiger partial charge on any atom is -0.460 e. The Balaban J connectivity index is 2.13. The molecular formula is C21H29N3O4S. The molecule has 0 amide bonds. The van der Waals surface area contributed by atoms with E-state index in [2.05, 4.69) is 9.97 Å². The number of aryl methyl sites for hydroxylation is 2. The Morgan fingerprint density at radius 3 is 2.45 bits per heavy atom. The summed E-state index contributed by atoms with van der Waals surface area (Å²) in [5.74, 6) is -0.169. The van der Waals surface area contributed by atoms with E-state index in [-0.39, 0.29) is 23.4 Å². The van der Waals surface area contributed by atoms with Crippen LogP contribution in [0.1, 0.15) is 56.4 Å². The van der Waals surface area contributed by atoms with Gasteiger partial charge in [0.1, 0.15) is 6.10 Å². The van der Waals surface area contributed by atoms with E-state index in [4.69, 9.17) is 4.74 Å². The Morgan fingerprint density at radius 1 is 1.21 bits per heavy atom. The standard InChI is InChI=1S/C21H29N3O4S/c1-13(2)29(26,27)12-18-15(4)19(16-10-14(3)20(25)24(5)11-16)23-21(22-18)28-17-8-6-7-9-17/h10-11,13,17H,6-9,12H2,1-5H3. The zero-order valence-corrected chi connectivity index (χ0v) is 18.5. The first kappa shape index (κ1) is 21.5. The zero-order valence-electron chi connectivity index (χ0n) is 17.7. The normalized spacial score (nSPS) is 15.2. The van der Waals surface area contributed by atoms with Crippen LogP contribution in [-0.4, -0.2) is 34.3 Å². The molecule has 2 heterocycles. The van der Waals surface area contributed by atoms with Gasteiger partial charge in [-0.15, -0.1) is 0 Å². The number of hydrogen-bond acceptors (Lipinski definition) is 6. The molecule has 7 nitrogen and oxygen atoms in total. The molecule has 0 aliphatic heterocycles.